The Morgan fingerprint density at radius 3 is 2.67 bits per heavy atom. The van der Waals surface area contributed by atoms with E-state index in [1.807, 2.05) is 12.1 Å². The third-order valence-corrected chi connectivity index (χ3v) is 5.64. The number of nitrogens with zero attached hydrogens (tertiary/aromatic N) is 5. The van der Waals surface area contributed by atoms with E-state index in [1.54, 1.807) is 23.4 Å². The molecule has 3 aromatic rings. The molecule has 1 saturated heterocycles. The number of halogens is 2. The van der Waals surface area contributed by atoms with E-state index in [2.05, 4.69) is 20.2 Å². The molecule has 2 amide bonds. The van der Waals surface area contributed by atoms with Crippen molar-refractivity contribution in [1.29, 1.82) is 0 Å². The molecule has 3 aliphatic heterocycles. The number of anilines is 3. The molecule has 0 aromatic carbocycles. The summed E-state index contributed by atoms with van der Waals surface area (Å²) in [6, 6.07) is 6.58. The van der Waals surface area contributed by atoms with E-state index in [0.717, 1.165) is 43.4 Å². The Morgan fingerprint density at radius 1 is 1.10 bits per heavy atom. The van der Waals surface area contributed by atoms with E-state index in [4.69, 9.17) is 16.6 Å². The number of carbonyl (C=O) groups is 1. The van der Waals surface area contributed by atoms with Gasteiger partial charge in [-0.1, -0.05) is 11.6 Å². The van der Waals surface area contributed by atoms with Crippen molar-refractivity contribution in [3.05, 3.63) is 59.9 Å². The average molecular weight is 425 g/mol. The van der Waals surface area contributed by atoms with Gasteiger partial charge in [0.2, 0.25) is 0 Å². The maximum absolute atomic E-state index is 13.5. The molecular weight excluding hydrogens is 407 g/mol. The Labute approximate surface area is 177 Å². The van der Waals surface area contributed by atoms with Gasteiger partial charge in [-0.15, -0.1) is 0 Å². The third-order valence-electron chi connectivity index (χ3n) is 5.43. The van der Waals surface area contributed by atoms with Crippen LogP contribution in [-0.4, -0.2) is 40.1 Å². The quantitative estimate of drug-likeness (QED) is 0.662. The standard InChI is InChI=1S/C21H18ClFN6O/c22-14-7-13(9-24-10-14)18-1-2-19-20(27-18)29(17-3-5-28(19)6-4-17)21(30)26-16-8-15(23)11-25-12-16/h1-2,7-12,17H,3-6H2,(H,26,30). The lowest BCUT2D eigenvalue weighted by molar-refractivity contribution is 0.253. The Hall–Kier alpha value is -3.26. The maximum Gasteiger partial charge on any atom is 0.327 e. The van der Waals surface area contributed by atoms with Crippen LogP contribution in [0.4, 0.5) is 26.4 Å². The summed E-state index contributed by atoms with van der Waals surface area (Å²) in [4.78, 5) is 30.0. The predicted octanol–water partition coefficient (Wildman–Crippen LogP) is 4.35. The topological polar surface area (TPSA) is 74.2 Å². The fourth-order valence-electron chi connectivity index (χ4n) is 4.04. The summed E-state index contributed by atoms with van der Waals surface area (Å²) in [5.74, 6) is 0.0688. The molecule has 1 fully saturated rings. The summed E-state index contributed by atoms with van der Waals surface area (Å²) in [5.41, 5.74) is 2.65. The molecule has 0 spiro atoms. The van der Waals surface area contributed by atoms with Crippen molar-refractivity contribution in [2.24, 2.45) is 0 Å². The number of urea groups is 1. The zero-order valence-electron chi connectivity index (χ0n) is 15.9. The van der Waals surface area contributed by atoms with Gasteiger partial charge >= 0.3 is 6.03 Å². The summed E-state index contributed by atoms with van der Waals surface area (Å²) in [5, 5.41) is 3.28. The van der Waals surface area contributed by atoms with Gasteiger partial charge in [0, 0.05) is 43.2 Å². The molecule has 0 saturated carbocycles. The molecule has 7 nitrogen and oxygen atoms in total. The second kappa shape index (κ2) is 7.53. The van der Waals surface area contributed by atoms with Gasteiger partial charge in [0.1, 0.15) is 5.82 Å². The lowest BCUT2D eigenvalue weighted by Crippen LogP contribution is -2.46. The highest BCUT2D eigenvalue weighted by atomic mass is 35.5. The Kier molecular flexibility index (Phi) is 4.71. The number of hydrogen-bond donors (Lipinski definition) is 1. The minimum Gasteiger partial charge on any atom is -0.368 e. The molecule has 152 valence electrons. The first-order valence-corrected chi connectivity index (χ1v) is 10.0. The SMILES string of the molecule is O=C(Nc1cncc(F)c1)N1c2nc(-c3cncc(Cl)c3)ccc2N2CCC1CC2. The summed E-state index contributed by atoms with van der Waals surface area (Å²) >= 11 is 6.09. The van der Waals surface area contributed by atoms with Gasteiger partial charge in [0.15, 0.2) is 5.82 Å². The minimum absolute atomic E-state index is 0.00394. The first-order valence-electron chi connectivity index (χ1n) is 9.66. The van der Waals surface area contributed by atoms with Crippen LogP contribution in [0.1, 0.15) is 12.8 Å². The second-order valence-corrected chi connectivity index (χ2v) is 7.78. The van der Waals surface area contributed by atoms with Gasteiger partial charge in [0.05, 0.1) is 34.5 Å². The molecule has 0 atom stereocenters. The zero-order valence-corrected chi connectivity index (χ0v) is 16.7. The van der Waals surface area contributed by atoms with Crippen molar-refractivity contribution >= 4 is 34.8 Å². The Bertz CT molecular complexity index is 1120. The summed E-state index contributed by atoms with van der Waals surface area (Å²) in [7, 11) is 0. The van der Waals surface area contributed by atoms with Crippen LogP contribution in [0.25, 0.3) is 11.3 Å². The fraction of sp³-hybridized carbons (Fsp3) is 0.238. The number of rotatable bonds is 2. The largest absolute Gasteiger partial charge is 0.368 e. The van der Waals surface area contributed by atoms with Gasteiger partial charge in [-0.2, -0.15) is 0 Å². The molecule has 1 N–H and O–H groups in total. The van der Waals surface area contributed by atoms with E-state index in [-0.39, 0.29) is 12.1 Å². The molecular formula is C21H18ClFN6O. The van der Waals surface area contributed by atoms with E-state index in [1.165, 1.54) is 12.3 Å². The number of pyridine rings is 3. The van der Waals surface area contributed by atoms with Gasteiger partial charge in [-0.3, -0.25) is 14.9 Å². The van der Waals surface area contributed by atoms with Crippen molar-refractivity contribution in [1.82, 2.24) is 15.0 Å². The number of nitrogens with one attached hydrogen (secondary N) is 1. The first-order chi connectivity index (χ1) is 14.6. The van der Waals surface area contributed by atoms with E-state index >= 15 is 0 Å². The van der Waals surface area contributed by atoms with Crippen molar-refractivity contribution in [3.8, 4) is 11.3 Å². The molecule has 2 bridgehead atoms. The summed E-state index contributed by atoms with van der Waals surface area (Å²) in [6.07, 6.45) is 7.43. The van der Waals surface area contributed by atoms with Crippen LogP contribution < -0.4 is 15.1 Å². The van der Waals surface area contributed by atoms with Crippen LogP contribution in [0.2, 0.25) is 5.02 Å². The molecule has 3 aliphatic rings. The van der Waals surface area contributed by atoms with Crippen LogP contribution in [0, 0.1) is 5.82 Å². The van der Waals surface area contributed by atoms with Crippen LogP contribution in [0.15, 0.2) is 49.1 Å². The second-order valence-electron chi connectivity index (χ2n) is 7.34. The molecule has 6 rings (SSSR count). The molecule has 30 heavy (non-hydrogen) atoms. The van der Waals surface area contributed by atoms with Gasteiger partial charge in [-0.25, -0.2) is 14.2 Å². The lowest BCUT2D eigenvalue weighted by atomic mass is 10.1. The van der Waals surface area contributed by atoms with Crippen LogP contribution >= 0.6 is 11.6 Å². The average Bonchev–Trinajstić information content (AvgIpc) is 2.99. The molecule has 0 aliphatic carbocycles. The normalized spacial score (nSPS) is 15.7. The molecule has 3 aromatic heterocycles. The van der Waals surface area contributed by atoms with Crippen LogP contribution in [0.5, 0.6) is 0 Å². The molecule has 9 heteroatoms. The molecule has 6 heterocycles. The number of carbonyl (C=O) groups excluding carboxylic acids is 1. The fourth-order valence-corrected chi connectivity index (χ4v) is 4.22. The third kappa shape index (κ3) is 3.43. The molecule has 0 unspecified atom stereocenters. The Balaban J connectivity index is 1.56. The number of hydrogen-bond acceptors (Lipinski definition) is 5. The van der Waals surface area contributed by atoms with Gasteiger partial charge < -0.3 is 10.2 Å². The predicted molar refractivity (Wildman–Crippen MR) is 113 cm³/mol. The minimum atomic E-state index is -0.509. The van der Waals surface area contributed by atoms with Crippen molar-refractivity contribution in [2.75, 3.05) is 28.2 Å². The number of piperidine rings is 1. The number of aromatic nitrogens is 3. The summed E-state index contributed by atoms with van der Waals surface area (Å²) < 4.78 is 13.5. The number of fused-ring (bicyclic) bond motifs is 2. The lowest BCUT2D eigenvalue weighted by Gasteiger charge is -2.31. The van der Waals surface area contributed by atoms with Crippen molar-refractivity contribution in [3.63, 3.8) is 0 Å². The van der Waals surface area contributed by atoms with Crippen LogP contribution in [-0.2, 0) is 0 Å². The van der Waals surface area contributed by atoms with Crippen molar-refractivity contribution in [2.45, 2.75) is 18.9 Å². The zero-order chi connectivity index (χ0) is 20.7. The highest BCUT2D eigenvalue weighted by Crippen LogP contribution is 2.39. The monoisotopic (exact) mass is 424 g/mol. The van der Waals surface area contributed by atoms with Crippen molar-refractivity contribution < 1.29 is 9.18 Å². The van der Waals surface area contributed by atoms with E-state index in [0.29, 0.717) is 22.2 Å². The molecule has 0 radical (unpaired) electrons. The highest BCUT2D eigenvalue weighted by molar-refractivity contribution is 6.30. The van der Waals surface area contributed by atoms with E-state index < -0.39 is 5.82 Å². The van der Waals surface area contributed by atoms with E-state index in [9.17, 15) is 9.18 Å². The smallest absolute Gasteiger partial charge is 0.327 e. The summed E-state index contributed by atoms with van der Waals surface area (Å²) in [6.45, 7) is 1.70. The van der Waals surface area contributed by atoms with Gasteiger partial charge in [0.25, 0.3) is 0 Å². The Morgan fingerprint density at radius 2 is 1.90 bits per heavy atom. The number of amides is 2. The van der Waals surface area contributed by atoms with Crippen LogP contribution in [0.3, 0.4) is 0 Å². The highest BCUT2D eigenvalue weighted by Gasteiger charge is 2.37. The maximum atomic E-state index is 13.5. The first kappa shape index (κ1) is 18.7. The van der Waals surface area contributed by atoms with Gasteiger partial charge in [-0.05, 0) is 31.0 Å².